The molecule has 3 aliphatic heterocycles. The summed E-state index contributed by atoms with van der Waals surface area (Å²) in [5, 5.41) is 45.8. The van der Waals surface area contributed by atoms with Gasteiger partial charge >= 0.3 is 31.3 Å². The van der Waals surface area contributed by atoms with Crippen molar-refractivity contribution in [1.29, 1.82) is 0 Å². The fourth-order valence-electron chi connectivity index (χ4n) is 8.03. The first kappa shape index (κ1) is 56.9. The van der Waals surface area contributed by atoms with Crippen molar-refractivity contribution >= 4 is 82.8 Å². The van der Waals surface area contributed by atoms with Gasteiger partial charge in [0.05, 0.1) is 32.5 Å². The number of anilines is 5. The fraction of sp³-hybridized carbons (Fsp3) is 0.515. The van der Waals surface area contributed by atoms with Crippen LogP contribution in [-0.4, -0.2) is 184 Å². The Balaban J connectivity index is 0.931. The third kappa shape index (κ3) is 11.8. The molecule has 0 aromatic carbocycles. The molecule has 0 aliphatic carbocycles. The average Bonchev–Trinajstić information content (AvgIpc) is 4.15. The highest BCUT2D eigenvalue weighted by molar-refractivity contribution is 7.66. The summed E-state index contributed by atoms with van der Waals surface area (Å²) in [6, 6.07) is 0. The zero-order chi connectivity index (χ0) is 55.4. The van der Waals surface area contributed by atoms with Crippen molar-refractivity contribution in [3.63, 3.8) is 0 Å². The van der Waals surface area contributed by atoms with Gasteiger partial charge in [0.15, 0.2) is 47.1 Å². The average molecular weight is 1160 g/mol. The molecule has 8 heterocycles. The number of ether oxygens (including phenoxy) is 4. The van der Waals surface area contributed by atoms with E-state index in [0.717, 1.165) is 41.8 Å². The highest BCUT2D eigenvalue weighted by atomic mass is 31.3. The number of imidazole rings is 2. The molecule has 3 aliphatic rings. The SMILES string of the molecule is C=CN(c1nc(N)[nH]c(=O)c1NC)[C@@H]1O[C@H](COP(=O)(O)OP(=O)(O)OP(=O)(O)OC[C@H]2O[C@@H](n3cnc4c(N)ncnc43)C(OC)C2OP(=O)(O)OC[C@H]2O[C@@H](n3cnc4c(=O)[nH]c(N)nc43)C(O)C2O)C(O)C1O. The number of hydrogen-bond acceptors (Lipinski definition) is 31. The summed E-state index contributed by atoms with van der Waals surface area (Å²) in [5.41, 5.74) is 15.3. The molecule has 8 rings (SSSR count). The molecule has 16 atom stereocenters. The minimum atomic E-state index is -6.22. The number of nitrogens with two attached hydrogens (primary N) is 3. The Bertz CT molecular complexity index is 3290. The van der Waals surface area contributed by atoms with Gasteiger partial charge in [0.25, 0.3) is 11.1 Å². The maximum Gasteiger partial charge on any atom is 0.490 e. The first-order valence-electron chi connectivity index (χ1n) is 21.4. The molecule has 0 bridgehead atoms. The van der Waals surface area contributed by atoms with E-state index in [9.17, 15) is 67.8 Å². The Morgan fingerprint density at radius 1 is 0.711 bits per heavy atom. The Labute approximate surface area is 422 Å². The fourth-order valence-corrected chi connectivity index (χ4v) is 12.5. The molecular formula is C33H47N15O24P4. The molecule has 39 nitrogen and oxygen atoms in total. The standard InChI is InChI=1S/C33H47N15O24P4/c1-4-46(25-15(37-2)27(53)44-32(35)42-25)29-19(51)17(49)12(67-29)6-65-74(57,58)71-76(61,62)72-75(59,60)66-7-13-21(22(63-3)31(69-13)47-9-40-14-23(34)38-8-39-24(14)47)70-73(55,56)64-5-11-18(50)20(52)30(68-11)48-10-41-16-26(48)43-33(36)45-28(16)54/h4,8-13,17-22,29-31,37,49-52H,1,5-7H2,2-3H3,(H,55,56)(H,57,58)(H,59,60)(H,61,62)(H2,34,38,39)(H3,35,42,44,53)(H3,36,43,45,54)/t11-,12-,13-,17?,18?,19?,20?,21?,22?,29-,30-,31-/m1/s1. The van der Waals surface area contributed by atoms with Gasteiger partial charge in [0, 0.05) is 20.4 Å². The molecule has 0 amide bonds. The van der Waals surface area contributed by atoms with Crippen LogP contribution in [0.5, 0.6) is 0 Å². The summed E-state index contributed by atoms with van der Waals surface area (Å²) in [6.45, 7) is 0.119. The number of nitrogens with one attached hydrogen (secondary N) is 3. The van der Waals surface area contributed by atoms with Gasteiger partial charge in [-0.3, -0.25) is 46.8 Å². The number of H-pyrrole nitrogens is 2. The topological polar surface area (TPSA) is 569 Å². The number of nitrogens with zero attached hydrogens (tertiary/aromatic N) is 9. The minimum Gasteiger partial charge on any atom is -0.387 e. The van der Waals surface area contributed by atoms with Crippen LogP contribution in [0.2, 0.25) is 0 Å². The van der Waals surface area contributed by atoms with E-state index in [2.05, 4.69) is 64.9 Å². The van der Waals surface area contributed by atoms with Gasteiger partial charge in [-0.15, -0.1) is 0 Å². The first-order chi connectivity index (χ1) is 35.7. The highest BCUT2D eigenvalue weighted by Crippen LogP contribution is 2.68. The quantitative estimate of drug-likeness (QED) is 0.0297. The second-order valence-electron chi connectivity index (χ2n) is 16.2. The molecule has 0 radical (unpaired) electrons. The number of methoxy groups -OCH3 is 1. The molecule has 17 N–H and O–H groups in total. The van der Waals surface area contributed by atoms with E-state index in [-0.39, 0.29) is 51.5 Å². The molecule has 5 aromatic heterocycles. The van der Waals surface area contributed by atoms with E-state index in [0.29, 0.717) is 0 Å². The number of fused-ring (bicyclic) bond motifs is 2. The van der Waals surface area contributed by atoms with E-state index in [1.54, 1.807) is 0 Å². The zero-order valence-corrected chi connectivity index (χ0v) is 42.3. The van der Waals surface area contributed by atoms with Gasteiger partial charge in [0.1, 0.15) is 72.5 Å². The smallest absolute Gasteiger partial charge is 0.387 e. The number of phosphoric ester groups is 3. The lowest BCUT2D eigenvalue weighted by Crippen LogP contribution is -2.42. The molecule has 5 aromatic rings. The van der Waals surface area contributed by atoms with Crippen LogP contribution in [0.15, 0.2) is 41.3 Å². The summed E-state index contributed by atoms with van der Waals surface area (Å²) in [6.07, 6.45) is -16.3. The molecule has 0 spiro atoms. The monoisotopic (exact) mass is 1160 g/mol. The van der Waals surface area contributed by atoms with Crippen LogP contribution >= 0.6 is 31.3 Å². The van der Waals surface area contributed by atoms with Gasteiger partial charge in [-0.25, -0.2) is 38.2 Å². The van der Waals surface area contributed by atoms with Gasteiger partial charge in [-0.1, -0.05) is 6.58 Å². The van der Waals surface area contributed by atoms with Crippen molar-refractivity contribution in [2.75, 3.05) is 61.4 Å². The third-order valence-corrected chi connectivity index (χ3v) is 16.6. The van der Waals surface area contributed by atoms with Crippen LogP contribution in [0, 0.1) is 0 Å². The molecule has 43 heteroatoms. The number of aromatic nitrogens is 10. The third-order valence-electron chi connectivity index (χ3n) is 11.4. The van der Waals surface area contributed by atoms with Crippen LogP contribution in [-0.2, 0) is 63.9 Å². The van der Waals surface area contributed by atoms with Crippen molar-refractivity contribution < 1.29 is 104 Å². The Kier molecular flexibility index (Phi) is 16.4. The number of rotatable bonds is 22. The van der Waals surface area contributed by atoms with E-state index in [1.165, 1.54) is 11.6 Å². The van der Waals surface area contributed by atoms with Crippen molar-refractivity contribution in [2.45, 2.75) is 73.6 Å². The minimum absolute atomic E-state index is 0.00173. The molecular weight excluding hydrogens is 1110 g/mol. The number of nitrogen functional groups attached to an aromatic ring is 3. The van der Waals surface area contributed by atoms with Gasteiger partial charge in [-0.05, 0) is 0 Å². The van der Waals surface area contributed by atoms with Crippen molar-refractivity contribution in [1.82, 2.24) is 49.0 Å². The van der Waals surface area contributed by atoms with Crippen LogP contribution in [0.1, 0.15) is 12.5 Å². The molecule has 3 saturated heterocycles. The maximum atomic E-state index is 13.7. The summed E-state index contributed by atoms with van der Waals surface area (Å²) >= 11 is 0. The van der Waals surface area contributed by atoms with Crippen LogP contribution in [0.3, 0.4) is 0 Å². The number of hydrogen-bond donors (Lipinski definition) is 14. The summed E-state index contributed by atoms with van der Waals surface area (Å²) in [5.74, 6) is -1.02. The second kappa shape index (κ2) is 21.9. The summed E-state index contributed by atoms with van der Waals surface area (Å²) in [7, 11) is -21.1. The largest absolute Gasteiger partial charge is 0.490 e. The Hall–Kier alpha value is -5.28. The van der Waals surface area contributed by atoms with Crippen molar-refractivity contribution in [3.8, 4) is 0 Å². The molecule has 76 heavy (non-hydrogen) atoms. The molecule has 3 fully saturated rings. The lowest BCUT2D eigenvalue weighted by atomic mass is 10.1. The lowest BCUT2D eigenvalue weighted by Gasteiger charge is -2.29. The van der Waals surface area contributed by atoms with Gasteiger partial charge in [0.2, 0.25) is 11.9 Å². The molecule has 0 saturated carbocycles. The van der Waals surface area contributed by atoms with Crippen LogP contribution in [0.25, 0.3) is 22.3 Å². The maximum absolute atomic E-state index is 13.7. The number of aromatic amines is 2. The van der Waals surface area contributed by atoms with E-state index >= 15 is 0 Å². The zero-order valence-electron chi connectivity index (χ0n) is 38.7. The molecule has 418 valence electrons. The Morgan fingerprint density at radius 3 is 1.89 bits per heavy atom. The lowest BCUT2D eigenvalue weighted by molar-refractivity contribution is -0.0581. The van der Waals surface area contributed by atoms with Crippen LogP contribution < -0.4 is 38.5 Å². The normalized spacial score (nSPS) is 30.0. The van der Waals surface area contributed by atoms with E-state index in [4.69, 9.17) is 49.7 Å². The van der Waals surface area contributed by atoms with E-state index in [1.807, 2.05) is 0 Å². The van der Waals surface area contributed by atoms with Gasteiger partial charge in [-0.2, -0.15) is 18.6 Å². The van der Waals surface area contributed by atoms with Crippen molar-refractivity contribution in [2.24, 2.45) is 0 Å². The number of phosphoric acid groups is 4. The highest BCUT2D eigenvalue weighted by Gasteiger charge is 2.54. The van der Waals surface area contributed by atoms with E-state index < -0.39 is 136 Å². The molecule has 10 unspecified atom stereocenters. The Morgan fingerprint density at radius 2 is 1.26 bits per heavy atom. The second-order valence-corrected chi connectivity index (χ2v) is 22.2. The number of aliphatic hydroxyl groups excluding tert-OH is 4. The number of aliphatic hydroxyl groups is 4. The summed E-state index contributed by atoms with van der Waals surface area (Å²) < 4.78 is 106. The van der Waals surface area contributed by atoms with Gasteiger partial charge < -0.3 is 86.4 Å². The van der Waals surface area contributed by atoms with Crippen molar-refractivity contribution in [3.05, 3.63) is 52.5 Å². The van der Waals surface area contributed by atoms with Crippen LogP contribution in [0.4, 0.5) is 29.2 Å². The first-order valence-corrected chi connectivity index (χ1v) is 27.4. The summed E-state index contributed by atoms with van der Waals surface area (Å²) in [4.78, 5) is 96.5. The predicted octanol–water partition coefficient (Wildman–Crippen LogP) is -3.67. The predicted molar refractivity (Wildman–Crippen MR) is 249 cm³/mol.